The molecule has 0 heterocycles. The smallest absolute Gasteiger partial charge is 0.268 e. The molecule has 0 spiro atoms. The molecule has 1 amide bonds. The number of nitrogens with one attached hydrogen (secondary N) is 1. The van der Waals surface area contributed by atoms with Gasteiger partial charge in [-0.1, -0.05) is 147 Å². The Labute approximate surface area is 302 Å². The number of quaternary nitrogens is 1. The number of rotatable bonds is 35. The number of amides is 1. The number of carbonyl (C=O) groups is 1. The molecule has 0 saturated heterocycles. The van der Waals surface area contributed by atoms with Crippen LogP contribution in [0.5, 0.6) is 0 Å². The molecule has 0 aliphatic heterocycles. The SMILES string of the molecule is CCCCCCCCCCCCCC/C=C/CC/C=C/CC/C=C/C(O)C(COP(=O)([O-])OCC[N+](C)(C)C)NC(=O)CCCCCCC. The number of carbonyl (C=O) groups excluding carboxylic acids is 1. The Morgan fingerprint density at radius 3 is 1.65 bits per heavy atom. The van der Waals surface area contributed by atoms with Gasteiger partial charge in [0.1, 0.15) is 13.2 Å². The van der Waals surface area contributed by atoms with Crippen molar-refractivity contribution >= 4 is 13.7 Å². The normalized spacial score (nSPS) is 15.0. The summed E-state index contributed by atoms with van der Waals surface area (Å²) < 4.78 is 22.9. The first-order chi connectivity index (χ1) is 23.5. The second-order valence-corrected chi connectivity index (χ2v) is 16.0. The molecule has 0 radical (unpaired) electrons. The van der Waals surface area contributed by atoms with Gasteiger partial charge in [-0.15, -0.1) is 0 Å². The van der Waals surface area contributed by atoms with Crippen LogP contribution in [0.15, 0.2) is 36.5 Å². The lowest BCUT2D eigenvalue weighted by atomic mass is 10.0. The highest BCUT2D eigenvalue weighted by Gasteiger charge is 2.23. The van der Waals surface area contributed by atoms with Crippen molar-refractivity contribution in [1.29, 1.82) is 0 Å². The van der Waals surface area contributed by atoms with Crippen molar-refractivity contribution < 1.29 is 32.9 Å². The molecule has 9 heteroatoms. The van der Waals surface area contributed by atoms with E-state index in [0.29, 0.717) is 17.4 Å². The summed E-state index contributed by atoms with van der Waals surface area (Å²) in [6, 6.07) is -0.902. The third-order valence-corrected chi connectivity index (χ3v) is 9.54. The number of hydrogen-bond donors (Lipinski definition) is 2. The first-order valence-corrected chi connectivity index (χ1v) is 21.3. The van der Waals surface area contributed by atoms with Crippen LogP contribution in [0.2, 0.25) is 0 Å². The Morgan fingerprint density at radius 1 is 0.694 bits per heavy atom. The average Bonchev–Trinajstić information content (AvgIpc) is 3.04. The third kappa shape index (κ3) is 34.9. The lowest BCUT2D eigenvalue weighted by Crippen LogP contribution is -2.45. The minimum atomic E-state index is -4.58. The van der Waals surface area contributed by atoms with E-state index in [1.807, 2.05) is 27.2 Å². The van der Waals surface area contributed by atoms with Crippen molar-refractivity contribution in [2.75, 3.05) is 40.9 Å². The Morgan fingerprint density at radius 2 is 1.14 bits per heavy atom. The number of hydrogen-bond acceptors (Lipinski definition) is 6. The highest BCUT2D eigenvalue weighted by molar-refractivity contribution is 7.45. The van der Waals surface area contributed by atoms with Gasteiger partial charge in [0.15, 0.2) is 0 Å². The van der Waals surface area contributed by atoms with Crippen molar-refractivity contribution in [3.05, 3.63) is 36.5 Å². The van der Waals surface area contributed by atoms with Crippen LogP contribution in [0.4, 0.5) is 0 Å². The number of likely N-dealkylation sites (N-methyl/N-ethyl adjacent to an activating group) is 1. The number of aliphatic hydroxyl groups excluding tert-OH is 1. The van der Waals surface area contributed by atoms with E-state index in [-0.39, 0.29) is 12.5 Å². The molecule has 8 nitrogen and oxygen atoms in total. The van der Waals surface area contributed by atoms with Crippen molar-refractivity contribution in [2.45, 2.75) is 174 Å². The van der Waals surface area contributed by atoms with Crippen LogP contribution in [0.3, 0.4) is 0 Å². The van der Waals surface area contributed by atoms with Crippen LogP contribution in [0, 0.1) is 0 Å². The van der Waals surface area contributed by atoms with E-state index >= 15 is 0 Å². The monoisotopic (exact) mass is 713 g/mol. The summed E-state index contributed by atoms with van der Waals surface area (Å²) in [5.41, 5.74) is 0. The van der Waals surface area contributed by atoms with Gasteiger partial charge in [0.2, 0.25) is 5.91 Å². The zero-order valence-electron chi connectivity index (χ0n) is 32.4. The minimum absolute atomic E-state index is 0.00913. The molecular weight excluding hydrogens is 635 g/mol. The lowest BCUT2D eigenvalue weighted by molar-refractivity contribution is -0.870. The molecule has 49 heavy (non-hydrogen) atoms. The van der Waals surface area contributed by atoms with E-state index in [0.717, 1.165) is 57.8 Å². The Kier molecular flexibility index (Phi) is 31.8. The van der Waals surface area contributed by atoms with Crippen molar-refractivity contribution in [2.24, 2.45) is 0 Å². The van der Waals surface area contributed by atoms with Crippen LogP contribution in [0.1, 0.15) is 162 Å². The molecule has 2 N–H and O–H groups in total. The first kappa shape index (κ1) is 47.7. The van der Waals surface area contributed by atoms with Gasteiger partial charge < -0.3 is 28.8 Å². The number of allylic oxidation sites excluding steroid dienone is 5. The van der Waals surface area contributed by atoms with E-state index in [1.54, 1.807) is 6.08 Å². The van der Waals surface area contributed by atoms with Gasteiger partial charge in [-0.2, -0.15) is 0 Å². The largest absolute Gasteiger partial charge is 0.756 e. The maximum absolute atomic E-state index is 12.6. The van der Waals surface area contributed by atoms with Crippen LogP contribution in [-0.2, 0) is 18.4 Å². The van der Waals surface area contributed by atoms with Crippen molar-refractivity contribution in [3.63, 3.8) is 0 Å². The summed E-state index contributed by atoms with van der Waals surface area (Å²) in [6.45, 7) is 4.50. The van der Waals surface area contributed by atoms with E-state index < -0.39 is 26.6 Å². The fourth-order valence-corrected chi connectivity index (χ4v) is 6.08. The summed E-state index contributed by atoms with van der Waals surface area (Å²) in [6.07, 6.45) is 38.1. The second kappa shape index (κ2) is 32.6. The van der Waals surface area contributed by atoms with Gasteiger partial charge >= 0.3 is 0 Å². The van der Waals surface area contributed by atoms with Gasteiger partial charge in [-0.05, 0) is 44.9 Å². The standard InChI is InChI=1S/C40H77N2O6P/c1-6-8-10-12-13-14-15-16-17-18-19-20-21-22-23-24-25-26-27-28-30-31-33-39(43)38(41-40(44)34-32-29-11-9-7-2)37-48-49(45,46)47-36-35-42(3,4)5/h22-23,26-27,31,33,38-39,43H,6-21,24-25,28-30,32,34-37H2,1-5H3,(H-,41,44,45,46)/b23-22+,27-26+,33-31+. The molecule has 0 rings (SSSR count). The molecule has 0 fully saturated rings. The van der Waals surface area contributed by atoms with Crippen molar-refractivity contribution in [3.8, 4) is 0 Å². The maximum atomic E-state index is 12.6. The number of nitrogens with zero attached hydrogens (tertiary/aromatic N) is 1. The molecule has 0 bridgehead atoms. The zero-order valence-corrected chi connectivity index (χ0v) is 33.3. The summed E-state index contributed by atoms with van der Waals surface area (Å²) in [5, 5.41) is 13.6. The van der Waals surface area contributed by atoms with Crippen molar-refractivity contribution in [1.82, 2.24) is 5.32 Å². The summed E-state index contributed by atoms with van der Waals surface area (Å²) >= 11 is 0. The fraction of sp³-hybridized carbons (Fsp3) is 0.825. The number of phosphoric ester groups is 1. The molecule has 0 saturated carbocycles. The van der Waals surface area contributed by atoms with Gasteiger partial charge in [-0.3, -0.25) is 9.36 Å². The Balaban J connectivity index is 4.33. The molecule has 0 aliphatic rings. The molecular formula is C40H77N2O6P. The molecule has 3 unspecified atom stereocenters. The van der Waals surface area contributed by atoms with Crippen LogP contribution in [-0.4, -0.2) is 68.5 Å². The lowest BCUT2D eigenvalue weighted by Gasteiger charge is -2.29. The molecule has 0 aliphatic carbocycles. The summed E-state index contributed by atoms with van der Waals surface area (Å²) in [5.74, 6) is -0.227. The fourth-order valence-electron chi connectivity index (χ4n) is 5.36. The zero-order chi connectivity index (χ0) is 36.5. The number of unbranched alkanes of at least 4 members (excludes halogenated alkanes) is 18. The highest BCUT2D eigenvalue weighted by Crippen LogP contribution is 2.38. The molecule has 0 aromatic carbocycles. The topological polar surface area (TPSA) is 108 Å². The second-order valence-electron chi connectivity index (χ2n) is 14.6. The van der Waals surface area contributed by atoms with E-state index in [4.69, 9.17) is 9.05 Å². The third-order valence-electron chi connectivity index (χ3n) is 8.58. The molecule has 0 aromatic heterocycles. The van der Waals surface area contributed by atoms with E-state index in [2.05, 4.69) is 43.5 Å². The predicted octanol–water partition coefficient (Wildman–Crippen LogP) is 9.72. The molecule has 0 aromatic rings. The van der Waals surface area contributed by atoms with Crippen LogP contribution >= 0.6 is 7.82 Å². The number of phosphoric acid groups is 1. The Bertz CT molecular complexity index is 902. The molecule has 288 valence electrons. The summed E-state index contributed by atoms with van der Waals surface area (Å²) in [4.78, 5) is 24.9. The predicted molar refractivity (Wildman–Crippen MR) is 205 cm³/mol. The van der Waals surface area contributed by atoms with Gasteiger partial charge in [0, 0.05) is 6.42 Å². The summed E-state index contributed by atoms with van der Waals surface area (Å²) in [7, 11) is 1.23. The minimum Gasteiger partial charge on any atom is -0.756 e. The Hall–Kier alpha value is -1.28. The van der Waals surface area contributed by atoms with Gasteiger partial charge in [0.25, 0.3) is 7.82 Å². The quantitative estimate of drug-likeness (QED) is 0.0293. The maximum Gasteiger partial charge on any atom is 0.268 e. The van der Waals surface area contributed by atoms with Gasteiger partial charge in [-0.25, -0.2) is 0 Å². The first-order valence-electron chi connectivity index (χ1n) is 19.9. The van der Waals surface area contributed by atoms with E-state index in [1.165, 1.54) is 83.5 Å². The van der Waals surface area contributed by atoms with Crippen LogP contribution in [0.25, 0.3) is 0 Å². The average molecular weight is 713 g/mol. The van der Waals surface area contributed by atoms with E-state index in [9.17, 15) is 19.4 Å². The molecule has 3 atom stereocenters. The van der Waals surface area contributed by atoms with Gasteiger partial charge in [0.05, 0.1) is 39.9 Å². The highest BCUT2D eigenvalue weighted by atomic mass is 31.2. The number of aliphatic hydroxyl groups is 1. The van der Waals surface area contributed by atoms with Crippen LogP contribution < -0.4 is 10.2 Å².